The molecule has 6 nitrogen and oxygen atoms in total. The minimum atomic E-state index is -0.409. The topological polar surface area (TPSA) is 72.0 Å². The molecule has 0 spiro atoms. The number of urea groups is 1. The Morgan fingerprint density at radius 1 is 1.06 bits per heavy atom. The van der Waals surface area contributed by atoms with E-state index in [4.69, 9.17) is 9.47 Å². The van der Waals surface area contributed by atoms with Crippen LogP contribution in [-0.4, -0.2) is 18.9 Å². The van der Waals surface area contributed by atoms with Crippen LogP contribution >= 0.6 is 45.2 Å². The fourth-order valence-electron chi connectivity index (χ4n) is 2.83. The highest BCUT2D eigenvalue weighted by atomic mass is 127. The number of amides is 2. The molecule has 0 radical (unpaired) electrons. The van der Waals surface area contributed by atoms with Crippen LogP contribution < -0.4 is 20.2 Å². The maximum Gasteiger partial charge on any atom is 0.339 e. The molecular weight excluding hydrogens is 632 g/mol. The quantitative estimate of drug-likeness (QED) is 0.169. The lowest BCUT2D eigenvalue weighted by Gasteiger charge is -2.15. The van der Waals surface area contributed by atoms with Crippen LogP contribution in [0.3, 0.4) is 0 Å². The van der Waals surface area contributed by atoms with Crippen molar-refractivity contribution in [3.05, 3.63) is 84.5 Å². The number of benzene rings is 3. The van der Waals surface area contributed by atoms with E-state index in [1.54, 1.807) is 6.21 Å². The fourth-order valence-corrected chi connectivity index (χ4v) is 3.97. The third-order valence-electron chi connectivity index (χ3n) is 4.40. The molecule has 3 aromatic carbocycles. The lowest BCUT2D eigenvalue weighted by atomic mass is 10.2. The molecule has 2 N–H and O–H groups in total. The number of hydrogen-bond acceptors (Lipinski definition) is 4. The molecule has 32 heavy (non-hydrogen) atoms. The average molecular weight is 655 g/mol. The lowest BCUT2D eigenvalue weighted by molar-refractivity contribution is 0.252. The zero-order chi connectivity index (χ0) is 22.9. The molecule has 2 amide bonds. The van der Waals surface area contributed by atoms with Crippen LogP contribution in [0.5, 0.6) is 11.5 Å². The van der Waals surface area contributed by atoms with Gasteiger partial charge in [-0.25, -0.2) is 10.2 Å². The monoisotopic (exact) mass is 655 g/mol. The Morgan fingerprint density at radius 3 is 2.53 bits per heavy atom. The van der Waals surface area contributed by atoms with Crippen molar-refractivity contribution in [2.24, 2.45) is 5.10 Å². The van der Waals surface area contributed by atoms with Crippen molar-refractivity contribution in [3.63, 3.8) is 0 Å². The van der Waals surface area contributed by atoms with E-state index in [0.29, 0.717) is 24.7 Å². The standard InChI is InChI=1S/C24H23I2N3O3/c1-3-31-22-13-18(14-27-29-24(30)28-21-7-5-4-6-16(21)2)12-20(26)23(22)32-15-17-8-10-19(25)11-9-17/h4-14H,3,15H2,1-2H3,(H2,28,29,30). The predicted octanol–water partition coefficient (Wildman–Crippen LogP) is 6.34. The third-order valence-corrected chi connectivity index (χ3v) is 5.92. The minimum Gasteiger partial charge on any atom is -0.490 e. The van der Waals surface area contributed by atoms with Crippen LogP contribution in [-0.2, 0) is 6.61 Å². The summed E-state index contributed by atoms with van der Waals surface area (Å²) in [5.41, 5.74) is 6.07. The van der Waals surface area contributed by atoms with Crippen molar-refractivity contribution in [3.8, 4) is 11.5 Å². The summed E-state index contributed by atoms with van der Waals surface area (Å²) in [5, 5.41) is 6.83. The molecule has 0 heterocycles. The SMILES string of the molecule is CCOc1cc(C=NNC(=O)Nc2ccccc2C)cc(I)c1OCc1ccc(I)cc1. The van der Waals surface area contributed by atoms with Gasteiger partial charge in [0.15, 0.2) is 11.5 Å². The fraction of sp³-hybridized carbons (Fsp3) is 0.167. The van der Waals surface area contributed by atoms with Crippen LogP contribution in [0.2, 0.25) is 0 Å². The molecule has 0 bridgehead atoms. The van der Waals surface area contributed by atoms with Gasteiger partial charge in [-0.1, -0.05) is 30.3 Å². The largest absolute Gasteiger partial charge is 0.490 e. The number of anilines is 1. The summed E-state index contributed by atoms with van der Waals surface area (Å²) in [7, 11) is 0. The summed E-state index contributed by atoms with van der Waals surface area (Å²) >= 11 is 4.49. The van der Waals surface area contributed by atoms with Gasteiger partial charge in [-0.2, -0.15) is 5.10 Å². The number of carbonyl (C=O) groups excluding carboxylic acids is 1. The molecular formula is C24H23I2N3O3. The van der Waals surface area contributed by atoms with Crippen molar-refractivity contribution < 1.29 is 14.3 Å². The third kappa shape index (κ3) is 7.09. The summed E-state index contributed by atoms with van der Waals surface area (Å²) < 4.78 is 13.9. The summed E-state index contributed by atoms with van der Waals surface area (Å²) in [6, 6.07) is 19.1. The van der Waals surface area contributed by atoms with Crippen molar-refractivity contribution in [2.45, 2.75) is 20.5 Å². The van der Waals surface area contributed by atoms with Crippen molar-refractivity contribution in [1.29, 1.82) is 0 Å². The molecule has 8 heteroatoms. The van der Waals surface area contributed by atoms with E-state index >= 15 is 0 Å². The molecule has 3 aromatic rings. The van der Waals surface area contributed by atoms with Crippen LogP contribution in [0.4, 0.5) is 10.5 Å². The van der Waals surface area contributed by atoms with Gasteiger partial charge in [0.1, 0.15) is 6.61 Å². The second-order valence-electron chi connectivity index (χ2n) is 6.82. The van der Waals surface area contributed by atoms with E-state index in [1.807, 2.05) is 62.4 Å². The van der Waals surface area contributed by atoms with E-state index in [0.717, 1.165) is 25.9 Å². The Morgan fingerprint density at radius 2 is 1.81 bits per heavy atom. The molecule has 166 valence electrons. The molecule has 0 saturated heterocycles. The Bertz CT molecular complexity index is 1100. The van der Waals surface area contributed by atoms with Crippen LogP contribution in [0.15, 0.2) is 65.8 Å². The molecule has 0 aliphatic heterocycles. The Balaban J connectivity index is 1.67. The van der Waals surface area contributed by atoms with E-state index < -0.39 is 6.03 Å². The van der Waals surface area contributed by atoms with Gasteiger partial charge in [0, 0.05) is 9.26 Å². The van der Waals surface area contributed by atoms with Gasteiger partial charge in [-0.05, 0) is 106 Å². The number of nitrogens with one attached hydrogen (secondary N) is 2. The summed E-state index contributed by atoms with van der Waals surface area (Å²) in [6.45, 7) is 4.81. The zero-order valence-electron chi connectivity index (χ0n) is 17.7. The van der Waals surface area contributed by atoms with Crippen LogP contribution in [0, 0.1) is 14.1 Å². The Labute approximate surface area is 215 Å². The number of ether oxygens (including phenoxy) is 2. The number of halogens is 2. The lowest BCUT2D eigenvalue weighted by Crippen LogP contribution is -2.24. The van der Waals surface area contributed by atoms with Gasteiger partial charge in [0.2, 0.25) is 0 Å². The average Bonchev–Trinajstić information content (AvgIpc) is 2.76. The van der Waals surface area contributed by atoms with Crippen LogP contribution in [0.1, 0.15) is 23.6 Å². The molecule has 3 rings (SSSR count). The van der Waals surface area contributed by atoms with Gasteiger partial charge in [-0.15, -0.1) is 0 Å². The van der Waals surface area contributed by atoms with Crippen molar-refractivity contribution in [1.82, 2.24) is 5.43 Å². The maximum atomic E-state index is 12.1. The van der Waals surface area contributed by atoms with E-state index in [1.165, 1.54) is 3.57 Å². The number of para-hydroxylation sites is 1. The first-order valence-corrected chi connectivity index (χ1v) is 12.1. The summed E-state index contributed by atoms with van der Waals surface area (Å²) in [5.74, 6) is 1.32. The second kappa shape index (κ2) is 12.0. The highest BCUT2D eigenvalue weighted by Gasteiger charge is 2.12. The molecule has 0 aliphatic carbocycles. The van der Waals surface area contributed by atoms with Gasteiger partial charge in [-0.3, -0.25) is 0 Å². The second-order valence-corrected chi connectivity index (χ2v) is 9.23. The zero-order valence-corrected chi connectivity index (χ0v) is 22.0. The molecule has 0 aromatic heterocycles. The molecule has 0 unspecified atom stereocenters. The number of hydrogen-bond donors (Lipinski definition) is 2. The maximum absolute atomic E-state index is 12.1. The van der Waals surface area contributed by atoms with Gasteiger partial charge < -0.3 is 14.8 Å². The van der Waals surface area contributed by atoms with Gasteiger partial charge in [0.25, 0.3) is 0 Å². The first-order valence-electron chi connectivity index (χ1n) is 9.95. The number of rotatable bonds is 8. The smallest absolute Gasteiger partial charge is 0.339 e. The normalized spacial score (nSPS) is 10.8. The first-order chi connectivity index (χ1) is 15.5. The minimum absolute atomic E-state index is 0.409. The van der Waals surface area contributed by atoms with Crippen molar-refractivity contribution >= 4 is 63.1 Å². The Hall–Kier alpha value is -2.34. The van der Waals surface area contributed by atoms with E-state index in [2.05, 4.69) is 73.2 Å². The number of hydrazone groups is 1. The molecule has 0 atom stereocenters. The van der Waals surface area contributed by atoms with Gasteiger partial charge >= 0.3 is 6.03 Å². The molecule has 0 saturated carbocycles. The predicted molar refractivity (Wildman–Crippen MR) is 145 cm³/mol. The van der Waals surface area contributed by atoms with Crippen LogP contribution in [0.25, 0.3) is 0 Å². The van der Waals surface area contributed by atoms with E-state index in [-0.39, 0.29) is 0 Å². The van der Waals surface area contributed by atoms with E-state index in [9.17, 15) is 4.79 Å². The van der Waals surface area contributed by atoms with Gasteiger partial charge in [0.05, 0.1) is 16.4 Å². The first kappa shape index (κ1) is 24.3. The highest BCUT2D eigenvalue weighted by Crippen LogP contribution is 2.34. The number of carbonyl (C=O) groups is 1. The molecule has 0 fully saturated rings. The van der Waals surface area contributed by atoms with Crippen molar-refractivity contribution in [2.75, 3.05) is 11.9 Å². The molecule has 0 aliphatic rings. The summed E-state index contributed by atoms with van der Waals surface area (Å²) in [6.07, 6.45) is 1.57. The summed E-state index contributed by atoms with van der Waals surface area (Å²) in [4.78, 5) is 12.1. The number of aryl methyl sites for hydroxylation is 1. The highest BCUT2D eigenvalue weighted by molar-refractivity contribution is 14.1. The number of nitrogens with zero attached hydrogens (tertiary/aromatic N) is 1. The Kier molecular flexibility index (Phi) is 9.15.